The minimum atomic E-state index is -1.01. The standard InChI is InChI=1S/C45H83N9O15.C22H41N5O9.H2/c1-34(43(46)61)11-4-7-17-50-40(58)31-67-28-26-66-24-21-52-41(59)32-68-29-25-65-23-20-51-39(57)15-10-14-38(56)49-16-9-6-13-37(45(63)53-18-8-5-12-35(2)44(47)62)54-42(60)33-69-30-27-64-22-19-48-36(3)55;1-2-35-13-14-36-12-3-23-19(28)15-24-4-6-25(16-20(29)30)8-10-27(18-22(33)34)11-9-26(7-5-24)17-21(31)32;/h34-35,37H,4-33H2,1-3H3,(H2,46,61)(H2,47,62)(H,48,55)(H,49,56)(H,50,58)(H,51,57)(H,52,59)(H,53,63)(H,54,60);2-18H2,1H3,(H,23,28)(H,29,30)(H,31,32)(H,33,34);1H/t34-,35-,37-;;/m0../s1. The number of nitrogens with one attached hydrogen (secondary N) is 8. The van der Waals surface area contributed by atoms with E-state index < -0.39 is 29.9 Å². The summed E-state index contributed by atoms with van der Waals surface area (Å²) in [5.41, 5.74) is 10.5. The molecule has 1 saturated heterocycles. The molecule has 0 saturated carbocycles. The molecule has 1 aliphatic heterocycles. The summed E-state index contributed by atoms with van der Waals surface area (Å²) in [5, 5.41) is 49.6. The van der Waals surface area contributed by atoms with Gasteiger partial charge in [-0.2, -0.15) is 0 Å². The molecule has 38 nitrogen and oxygen atoms in total. The lowest BCUT2D eigenvalue weighted by atomic mass is 10.0. The first-order valence-corrected chi connectivity index (χ1v) is 36.2. The van der Waals surface area contributed by atoms with Crippen LogP contribution in [-0.4, -0.2) is 348 Å². The van der Waals surface area contributed by atoms with Gasteiger partial charge in [-0.05, 0) is 58.3 Å². The summed E-state index contributed by atoms with van der Waals surface area (Å²) < 4.78 is 42.6. The van der Waals surface area contributed by atoms with E-state index in [4.69, 9.17) is 49.4 Å². The number of aliphatic carboxylic acids is 3. The molecule has 0 aromatic heterocycles. The molecule has 1 heterocycles. The van der Waals surface area contributed by atoms with Crippen LogP contribution in [0.1, 0.15) is 106 Å². The van der Waals surface area contributed by atoms with E-state index >= 15 is 0 Å². The van der Waals surface area contributed by atoms with Crippen LogP contribution >= 0.6 is 0 Å². The fourth-order valence-electron chi connectivity index (χ4n) is 9.54. The second-order valence-corrected chi connectivity index (χ2v) is 24.7. The summed E-state index contributed by atoms with van der Waals surface area (Å²) in [6.45, 7) is 15.0. The predicted molar refractivity (Wildman–Crippen MR) is 384 cm³/mol. The number of carbonyl (C=O) groups excluding carboxylic acids is 10. The molecule has 0 aromatic rings. The maximum absolute atomic E-state index is 13.0. The van der Waals surface area contributed by atoms with Crippen molar-refractivity contribution in [2.75, 3.05) is 230 Å². The minimum absolute atomic E-state index is 0. The topological polar surface area (TPSA) is 518 Å². The van der Waals surface area contributed by atoms with Crippen molar-refractivity contribution in [3.63, 3.8) is 0 Å². The summed E-state index contributed by atoms with van der Waals surface area (Å²) in [4.78, 5) is 160. The van der Waals surface area contributed by atoms with Crippen molar-refractivity contribution in [1.29, 1.82) is 0 Å². The van der Waals surface area contributed by atoms with Gasteiger partial charge in [-0.15, -0.1) is 0 Å². The van der Waals surface area contributed by atoms with Crippen molar-refractivity contribution in [2.45, 2.75) is 111 Å². The van der Waals surface area contributed by atoms with Crippen LogP contribution < -0.4 is 54.0 Å². The SMILES string of the molecule is CC(=O)NCCOCCOCC(=O)N[C@@H](CCCCNC(=O)CCCC(=O)NCCOCCOCC(=O)NCCOCCOCC(=O)NCCCC[C@H](C)C(N)=O)C(=O)NCCCC[C@H](C)C(N)=O.CCOCCOCCNC(=O)CN1CCN(CC(=O)O)CCN(CC(=O)O)CCN(CC(=O)O)CC1.[HH]. The Balaban J connectivity index is 0. The Kier molecular flexibility index (Phi) is 61.5. The van der Waals surface area contributed by atoms with Gasteiger partial charge in [0.05, 0.1) is 105 Å². The average Bonchev–Trinajstić information content (AvgIpc) is 0.910. The average molecular weight is 1510 g/mol. The summed E-state index contributed by atoms with van der Waals surface area (Å²) in [6.07, 6.45) is 6.20. The Morgan fingerprint density at radius 2 is 0.676 bits per heavy atom. The van der Waals surface area contributed by atoms with Crippen molar-refractivity contribution >= 4 is 77.0 Å². The minimum Gasteiger partial charge on any atom is -0.480 e. The largest absolute Gasteiger partial charge is 0.480 e. The molecule has 1 fully saturated rings. The quantitative estimate of drug-likeness (QED) is 0.0259. The molecule has 0 unspecified atom stereocenters. The van der Waals surface area contributed by atoms with Crippen LogP contribution in [-0.2, 0) is 100 Å². The molecule has 0 aliphatic carbocycles. The van der Waals surface area contributed by atoms with Crippen LogP contribution in [0.5, 0.6) is 0 Å². The molecule has 0 bridgehead atoms. The first-order chi connectivity index (χ1) is 50.3. The Hall–Kier alpha value is -7.37. The Bertz CT molecular complexity index is 2440. The van der Waals surface area contributed by atoms with E-state index in [0.29, 0.717) is 169 Å². The molecule has 0 spiro atoms. The number of rotatable bonds is 62. The molecular formula is C67H126N14O24. The molecule has 105 heavy (non-hydrogen) atoms. The highest BCUT2D eigenvalue weighted by Gasteiger charge is 2.23. The van der Waals surface area contributed by atoms with Crippen LogP contribution in [0, 0.1) is 11.8 Å². The molecule has 38 heteroatoms. The van der Waals surface area contributed by atoms with Crippen molar-refractivity contribution in [1.82, 2.24) is 62.1 Å². The zero-order chi connectivity index (χ0) is 78.1. The number of amides is 10. The number of hydrogen-bond acceptors (Lipinski definition) is 25. The van der Waals surface area contributed by atoms with Gasteiger partial charge in [-0.3, -0.25) is 81.9 Å². The summed E-state index contributed by atoms with van der Waals surface area (Å²) in [6, 6.07) is -0.826. The van der Waals surface area contributed by atoms with E-state index in [2.05, 4.69) is 42.5 Å². The lowest BCUT2D eigenvalue weighted by Gasteiger charge is -2.32. The Morgan fingerprint density at radius 3 is 1.06 bits per heavy atom. The van der Waals surface area contributed by atoms with Gasteiger partial charge in [0, 0.05) is 138 Å². The lowest BCUT2D eigenvalue weighted by molar-refractivity contribution is -0.140. The fraction of sp³-hybridized carbons (Fsp3) is 0.806. The molecule has 10 amide bonds. The molecular weight excluding hydrogens is 1380 g/mol. The van der Waals surface area contributed by atoms with Crippen LogP contribution in [0.2, 0.25) is 0 Å². The Labute approximate surface area is 618 Å². The summed E-state index contributed by atoms with van der Waals surface area (Å²) >= 11 is 0. The van der Waals surface area contributed by atoms with Crippen LogP contribution in [0.3, 0.4) is 0 Å². The van der Waals surface area contributed by atoms with E-state index in [1.54, 1.807) is 28.5 Å². The first-order valence-electron chi connectivity index (χ1n) is 36.2. The second kappa shape index (κ2) is 66.1. The third-order valence-electron chi connectivity index (χ3n) is 15.5. The molecule has 608 valence electrons. The van der Waals surface area contributed by atoms with Gasteiger partial charge < -0.3 is 107 Å². The van der Waals surface area contributed by atoms with Gasteiger partial charge >= 0.3 is 17.9 Å². The number of nitrogens with two attached hydrogens (primary N) is 2. The Morgan fingerprint density at radius 1 is 0.362 bits per heavy atom. The number of carboxylic acid groups (broad SMARTS) is 3. The number of hydrogen-bond donors (Lipinski definition) is 13. The second-order valence-electron chi connectivity index (χ2n) is 24.7. The highest BCUT2D eigenvalue weighted by atomic mass is 16.5. The van der Waals surface area contributed by atoms with E-state index in [0.717, 1.165) is 12.8 Å². The van der Waals surface area contributed by atoms with Gasteiger partial charge in [-0.25, -0.2) is 0 Å². The van der Waals surface area contributed by atoms with Crippen LogP contribution in [0.15, 0.2) is 0 Å². The van der Waals surface area contributed by atoms with Crippen molar-refractivity contribution < 1.29 is 117 Å². The first kappa shape index (κ1) is 97.6. The third kappa shape index (κ3) is 63.6. The normalized spacial score (nSPS) is 14.1. The number of carbonyl (C=O) groups is 13. The third-order valence-corrected chi connectivity index (χ3v) is 15.5. The number of unbranched alkanes of at least 4 members (excludes halogenated alkanes) is 3. The fourth-order valence-corrected chi connectivity index (χ4v) is 9.54. The van der Waals surface area contributed by atoms with Crippen LogP contribution in [0.25, 0.3) is 0 Å². The maximum Gasteiger partial charge on any atom is 0.317 e. The van der Waals surface area contributed by atoms with Gasteiger partial charge in [0.1, 0.15) is 25.9 Å². The molecule has 0 aromatic carbocycles. The monoisotopic (exact) mass is 1510 g/mol. The molecule has 1 rings (SSSR count). The zero-order valence-electron chi connectivity index (χ0n) is 62.3. The van der Waals surface area contributed by atoms with Gasteiger partial charge in [0.25, 0.3) is 0 Å². The molecule has 3 atom stereocenters. The number of ether oxygens (including phenoxy) is 8. The smallest absolute Gasteiger partial charge is 0.317 e. The van der Waals surface area contributed by atoms with E-state index in [-0.39, 0.29) is 191 Å². The van der Waals surface area contributed by atoms with E-state index in [9.17, 15) is 77.6 Å². The van der Waals surface area contributed by atoms with Gasteiger partial charge in [0.2, 0.25) is 59.1 Å². The van der Waals surface area contributed by atoms with Crippen molar-refractivity contribution in [3.8, 4) is 0 Å². The maximum atomic E-state index is 13.0. The van der Waals surface area contributed by atoms with Gasteiger partial charge in [-0.1, -0.05) is 26.7 Å². The number of nitrogens with zero attached hydrogens (tertiary/aromatic N) is 4. The highest BCUT2D eigenvalue weighted by Crippen LogP contribution is 2.09. The van der Waals surface area contributed by atoms with E-state index in [1.165, 1.54) is 6.92 Å². The summed E-state index contributed by atoms with van der Waals surface area (Å²) in [5.74, 6) is -6.31. The van der Waals surface area contributed by atoms with Gasteiger partial charge in [0.15, 0.2) is 0 Å². The number of primary amides is 2. The predicted octanol–water partition coefficient (Wildman–Crippen LogP) is -3.91. The van der Waals surface area contributed by atoms with Crippen LogP contribution in [0.4, 0.5) is 0 Å². The number of carboxylic acids is 3. The molecule has 1 aliphatic rings. The highest BCUT2D eigenvalue weighted by molar-refractivity contribution is 5.88. The van der Waals surface area contributed by atoms with Crippen molar-refractivity contribution in [2.24, 2.45) is 23.3 Å². The zero-order valence-corrected chi connectivity index (χ0v) is 62.3. The summed E-state index contributed by atoms with van der Waals surface area (Å²) in [7, 11) is 0. The lowest BCUT2D eigenvalue weighted by Crippen LogP contribution is -2.50. The van der Waals surface area contributed by atoms with E-state index in [1.807, 2.05) is 11.8 Å². The molecule has 15 N–H and O–H groups in total. The molecule has 0 radical (unpaired) electrons. The van der Waals surface area contributed by atoms with Crippen molar-refractivity contribution in [3.05, 3.63) is 0 Å².